The Kier molecular flexibility index (Phi) is 8.56. The Morgan fingerprint density at radius 1 is 1.39 bits per heavy atom. The van der Waals surface area contributed by atoms with Crippen LogP contribution in [0.3, 0.4) is 0 Å². The zero-order valence-electron chi connectivity index (χ0n) is 10.1. The number of carbonyl (C=O) groups excluding carboxylic acids is 1. The second kappa shape index (κ2) is 9.85. The number of hydrogen-bond acceptors (Lipinski definition) is 4. The molecule has 0 aliphatic carbocycles. The van der Waals surface area contributed by atoms with Crippen LogP contribution in [0.15, 0.2) is 36.0 Å². The van der Waals surface area contributed by atoms with E-state index in [1.807, 2.05) is 6.92 Å². The van der Waals surface area contributed by atoms with Gasteiger partial charge in [0.15, 0.2) is 0 Å². The quantitative estimate of drug-likeness (QED) is 0.245. The van der Waals surface area contributed by atoms with Crippen LogP contribution in [0.4, 0.5) is 0 Å². The summed E-state index contributed by atoms with van der Waals surface area (Å²) in [6.45, 7) is 2.27. The van der Waals surface area contributed by atoms with Crippen molar-refractivity contribution in [3.05, 3.63) is 36.0 Å². The largest absolute Gasteiger partial charge is 0.478 e. The standard InChI is InChI=1S/C13H15NO4/c1-2-3-10-18-13(17)11(7-5-9-14)6-4-8-12(15)16/h4-8H,2-3,10H2,1H3,(H,15,16). The molecule has 0 saturated carbocycles. The lowest BCUT2D eigenvalue weighted by atomic mass is 10.2. The Morgan fingerprint density at radius 3 is 2.67 bits per heavy atom. The average molecular weight is 249 g/mol. The maximum absolute atomic E-state index is 11.6. The molecule has 0 aliphatic rings. The minimum atomic E-state index is -1.12. The average Bonchev–Trinajstić information content (AvgIpc) is 2.33. The van der Waals surface area contributed by atoms with E-state index in [0.29, 0.717) is 6.61 Å². The van der Waals surface area contributed by atoms with Crippen LogP contribution >= 0.6 is 0 Å². The number of unbranched alkanes of at least 4 members (excludes halogenated alkanes) is 1. The SMILES string of the molecule is CCCCOC(=O)C(C=CC#N)=CC=CC(=O)O. The molecule has 0 spiro atoms. The Morgan fingerprint density at radius 2 is 2.11 bits per heavy atom. The van der Waals surface area contributed by atoms with Gasteiger partial charge in [-0.25, -0.2) is 9.59 Å². The van der Waals surface area contributed by atoms with Crippen LogP contribution in [0, 0.1) is 11.3 Å². The predicted molar refractivity (Wildman–Crippen MR) is 65.5 cm³/mol. The molecule has 5 nitrogen and oxygen atoms in total. The number of carbonyl (C=O) groups is 2. The number of esters is 1. The zero-order chi connectivity index (χ0) is 13.8. The number of ether oxygens (including phenoxy) is 1. The summed E-state index contributed by atoms with van der Waals surface area (Å²) in [6, 6.07) is 1.75. The molecule has 0 radical (unpaired) electrons. The molecule has 0 unspecified atom stereocenters. The summed E-state index contributed by atoms with van der Waals surface area (Å²) in [4.78, 5) is 21.8. The van der Waals surface area contributed by atoms with Gasteiger partial charge in [-0.2, -0.15) is 5.26 Å². The van der Waals surface area contributed by atoms with E-state index < -0.39 is 11.9 Å². The molecule has 0 amide bonds. The lowest BCUT2D eigenvalue weighted by Crippen LogP contribution is -2.07. The van der Waals surface area contributed by atoms with E-state index in [4.69, 9.17) is 15.1 Å². The van der Waals surface area contributed by atoms with E-state index in [0.717, 1.165) is 25.0 Å². The van der Waals surface area contributed by atoms with Crippen molar-refractivity contribution in [3.63, 3.8) is 0 Å². The van der Waals surface area contributed by atoms with Crippen molar-refractivity contribution in [3.8, 4) is 6.07 Å². The molecule has 0 aliphatic heterocycles. The summed E-state index contributed by atoms with van der Waals surface area (Å²) in [5.41, 5.74) is 0.130. The molecule has 18 heavy (non-hydrogen) atoms. The van der Waals surface area contributed by atoms with E-state index in [2.05, 4.69) is 0 Å². The minimum Gasteiger partial charge on any atom is -0.478 e. The van der Waals surface area contributed by atoms with Gasteiger partial charge in [0.2, 0.25) is 0 Å². The molecule has 0 heterocycles. The van der Waals surface area contributed by atoms with Crippen LogP contribution in [0.2, 0.25) is 0 Å². The van der Waals surface area contributed by atoms with Gasteiger partial charge in [0.05, 0.1) is 18.2 Å². The topological polar surface area (TPSA) is 87.4 Å². The molecule has 0 saturated heterocycles. The van der Waals surface area contributed by atoms with E-state index in [1.165, 1.54) is 18.2 Å². The molecule has 1 N–H and O–H groups in total. The minimum absolute atomic E-state index is 0.130. The summed E-state index contributed by atoms with van der Waals surface area (Å²) in [5, 5.41) is 16.8. The van der Waals surface area contributed by atoms with Crippen LogP contribution in [0.5, 0.6) is 0 Å². The number of nitriles is 1. The van der Waals surface area contributed by atoms with Gasteiger partial charge >= 0.3 is 11.9 Å². The van der Waals surface area contributed by atoms with Gasteiger partial charge in [-0.15, -0.1) is 0 Å². The van der Waals surface area contributed by atoms with E-state index in [1.54, 1.807) is 6.07 Å². The third-order valence-electron chi connectivity index (χ3n) is 1.82. The normalized spacial score (nSPS) is 11.7. The maximum atomic E-state index is 11.6. The Labute approximate surface area is 106 Å². The van der Waals surface area contributed by atoms with Crippen molar-refractivity contribution < 1.29 is 19.4 Å². The third kappa shape index (κ3) is 7.88. The highest BCUT2D eigenvalue weighted by Gasteiger charge is 2.06. The molecule has 96 valence electrons. The summed E-state index contributed by atoms with van der Waals surface area (Å²) in [7, 11) is 0. The van der Waals surface area contributed by atoms with Crippen LogP contribution < -0.4 is 0 Å². The van der Waals surface area contributed by atoms with E-state index >= 15 is 0 Å². The molecule has 5 heteroatoms. The van der Waals surface area contributed by atoms with Crippen LogP contribution in [-0.2, 0) is 14.3 Å². The molecular weight excluding hydrogens is 234 g/mol. The van der Waals surface area contributed by atoms with Crippen molar-refractivity contribution in [2.75, 3.05) is 6.61 Å². The Balaban J connectivity index is 4.67. The molecule has 0 aromatic heterocycles. The summed E-state index contributed by atoms with van der Waals surface area (Å²) in [5.74, 6) is -1.70. The van der Waals surface area contributed by atoms with Crippen molar-refractivity contribution in [1.82, 2.24) is 0 Å². The number of rotatable bonds is 7. The van der Waals surface area contributed by atoms with Crippen LogP contribution in [0.1, 0.15) is 19.8 Å². The highest BCUT2D eigenvalue weighted by atomic mass is 16.5. The van der Waals surface area contributed by atoms with Gasteiger partial charge in [-0.3, -0.25) is 0 Å². The molecule has 0 rings (SSSR count). The molecule has 0 atom stereocenters. The molecule has 0 bridgehead atoms. The van der Waals surface area contributed by atoms with Gasteiger partial charge in [-0.1, -0.05) is 19.4 Å². The van der Waals surface area contributed by atoms with Gasteiger partial charge in [-0.05, 0) is 18.6 Å². The van der Waals surface area contributed by atoms with E-state index in [9.17, 15) is 9.59 Å². The predicted octanol–water partition coefficient (Wildman–Crippen LogP) is 1.98. The van der Waals surface area contributed by atoms with Crippen LogP contribution in [0.25, 0.3) is 0 Å². The first-order valence-electron chi connectivity index (χ1n) is 5.46. The first-order valence-corrected chi connectivity index (χ1v) is 5.46. The van der Waals surface area contributed by atoms with Gasteiger partial charge < -0.3 is 9.84 Å². The first-order chi connectivity index (χ1) is 8.61. The van der Waals surface area contributed by atoms with Crippen LogP contribution in [-0.4, -0.2) is 23.7 Å². The summed E-state index contributed by atoms with van der Waals surface area (Å²) in [6.07, 6.45) is 7.45. The monoisotopic (exact) mass is 249 g/mol. The summed E-state index contributed by atoms with van der Waals surface area (Å²) < 4.78 is 4.95. The fraction of sp³-hybridized carbons (Fsp3) is 0.308. The Bertz CT molecular complexity index is 413. The molecular formula is C13H15NO4. The highest BCUT2D eigenvalue weighted by Crippen LogP contribution is 2.03. The lowest BCUT2D eigenvalue weighted by Gasteiger charge is -2.03. The van der Waals surface area contributed by atoms with Gasteiger partial charge in [0.25, 0.3) is 0 Å². The second-order valence-corrected chi connectivity index (χ2v) is 3.27. The van der Waals surface area contributed by atoms with Crippen molar-refractivity contribution in [2.24, 2.45) is 0 Å². The highest BCUT2D eigenvalue weighted by molar-refractivity contribution is 5.92. The number of hydrogen-bond donors (Lipinski definition) is 1. The van der Waals surface area contributed by atoms with Crippen molar-refractivity contribution in [1.29, 1.82) is 5.26 Å². The second-order valence-electron chi connectivity index (χ2n) is 3.27. The smallest absolute Gasteiger partial charge is 0.338 e. The fourth-order valence-corrected chi connectivity index (χ4v) is 0.945. The molecule has 0 fully saturated rings. The maximum Gasteiger partial charge on any atom is 0.338 e. The van der Waals surface area contributed by atoms with Gasteiger partial charge in [0.1, 0.15) is 0 Å². The molecule has 0 aromatic carbocycles. The van der Waals surface area contributed by atoms with Crippen molar-refractivity contribution >= 4 is 11.9 Å². The number of allylic oxidation sites excluding steroid dienone is 3. The number of aliphatic carboxylic acids is 1. The third-order valence-corrected chi connectivity index (χ3v) is 1.82. The molecule has 0 aromatic rings. The lowest BCUT2D eigenvalue weighted by molar-refractivity contribution is -0.138. The zero-order valence-corrected chi connectivity index (χ0v) is 10.1. The first kappa shape index (κ1) is 15.7. The number of nitrogens with zero attached hydrogens (tertiary/aromatic N) is 1. The number of carboxylic acids is 1. The number of carboxylic acid groups (broad SMARTS) is 1. The fourth-order valence-electron chi connectivity index (χ4n) is 0.945. The van der Waals surface area contributed by atoms with Gasteiger partial charge in [0, 0.05) is 12.2 Å². The summed E-state index contributed by atoms with van der Waals surface area (Å²) >= 11 is 0. The van der Waals surface area contributed by atoms with Crippen molar-refractivity contribution in [2.45, 2.75) is 19.8 Å². The van der Waals surface area contributed by atoms with E-state index in [-0.39, 0.29) is 5.57 Å². The Hall–Kier alpha value is -2.35.